The van der Waals surface area contributed by atoms with Gasteiger partial charge in [0.1, 0.15) is 0 Å². The van der Waals surface area contributed by atoms with Crippen molar-refractivity contribution in [3.05, 3.63) is 0 Å². The largest absolute Gasteiger partial charge is 0.480 e. The van der Waals surface area contributed by atoms with Crippen LogP contribution < -0.4 is 5.32 Å². The average Bonchev–Trinajstić information content (AvgIpc) is 2.65. The van der Waals surface area contributed by atoms with E-state index in [2.05, 4.69) is 12.2 Å². The van der Waals surface area contributed by atoms with E-state index in [1.165, 1.54) is 70.6 Å². The van der Waals surface area contributed by atoms with Gasteiger partial charge in [-0.1, -0.05) is 84.0 Å². The van der Waals surface area contributed by atoms with Gasteiger partial charge in [-0.25, -0.2) is 0 Å². The first-order valence-corrected chi connectivity index (χ1v) is 11.4. The number of nitrogens with one attached hydrogen (secondary N) is 1. The van der Waals surface area contributed by atoms with Crippen LogP contribution >= 0.6 is 0 Å². The van der Waals surface area contributed by atoms with Gasteiger partial charge in [-0.3, -0.25) is 14.5 Å². The number of aliphatic hydroxyl groups is 1. The monoisotopic (exact) mass is 423 g/mol. The Labute approximate surface area is 200 Å². The Bertz CT molecular complexity index is 384. The summed E-state index contributed by atoms with van der Waals surface area (Å²) in [4.78, 5) is 24.2. The van der Waals surface area contributed by atoms with E-state index in [0.717, 1.165) is 12.8 Å². The number of unbranched alkanes of at least 4 members (excludes halogenated alkanes) is 12. The molecule has 7 heteroatoms. The fraction of sp³-hybridized carbons (Fsp3) is 0.909. The van der Waals surface area contributed by atoms with Crippen molar-refractivity contribution in [3.63, 3.8) is 0 Å². The first kappa shape index (κ1) is 31.0. The second-order valence-electron chi connectivity index (χ2n) is 7.74. The van der Waals surface area contributed by atoms with Gasteiger partial charge >= 0.3 is 5.97 Å². The number of hydrogen-bond acceptors (Lipinski definition) is 4. The zero-order chi connectivity index (χ0) is 20.9. The quantitative estimate of drug-likeness (QED) is 0.194. The third-order valence-corrected chi connectivity index (χ3v) is 5.03. The summed E-state index contributed by atoms with van der Waals surface area (Å²) in [5.74, 6) is -0.894. The van der Waals surface area contributed by atoms with Crippen LogP contribution in [0, 0.1) is 0 Å². The van der Waals surface area contributed by atoms with Crippen molar-refractivity contribution >= 4 is 41.4 Å². The van der Waals surface area contributed by atoms with Crippen molar-refractivity contribution in [1.29, 1.82) is 0 Å². The van der Waals surface area contributed by atoms with Gasteiger partial charge in [0.2, 0.25) is 5.91 Å². The first-order chi connectivity index (χ1) is 13.6. The van der Waals surface area contributed by atoms with Crippen LogP contribution in [0.15, 0.2) is 0 Å². The smallest absolute Gasteiger partial charge is 0.317 e. The van der Waals surface area contributed by atoms with Crippen LogP contribution in [-0.2, 0) is 9.59 Å². The van der Waals surface area contributed by atoms with Crippen molar-refractivity contribution in [2.24, 2.45) is 0 Å². The van der Waals surface area contributed by atoms with Crippen LogP contribution in [0.1, 0.15) is 96.8 Å². The fourth-order valence-corrected chi connectivity index (χ4v) is 3.35. The molecule has 0 aliphatic heterocycles. The van der Waals surface area contributed by atoms with Gasteiger partial charge in [0.25, 0.3) is 0 Å². The average molecular weight is 424 g/mol. The number of carbonyl (C=O) groups excluding carboxylic acids is 1. The van der Waals surface area contributed by atoms with E-state index in [4.69, 9.17) is 10.2 Å². The molecule has 0 saturated heterocycles. The van der Waals surface area contributed by atoms with Crippen LogP contribution in [-0.4, -0.2) is 89.3 Å². The molecule has 29 heavy (non-hydrogen) atoms. The molecule has 0 unspecified atom stereocenters. The Kier molecular flexibility index (Phi) is 25.8. The van der Waals surface area contributed by atoms with Gasteiger partial charge < -0.3 is 15.5 Å². The number of nitrogens with zero attached hydrogens (tertiary/aromatic N) is 1. The van der Waals surface area contributed by atoms with E-state index >= 15 is 0 Å². The topological polar surface area (TPSA) is 89.9 Å². The number of rotatable bonds is 21. The molecule has 6 nitrogen and oxygen atoms in total. The molecule has 0 bridgehead atoms. The summed E-state index contributed by atoms with van der Waals surface area (Å²) < 4.78 is 0. The molecule has 0 aromatic rings. The van der Waals surface area contributed by atoms with Gasteiger partial charge in [-0.2, -0.15) is 0 Å². The van der Waals surface area contributed by atoms with Crippen molar-refractivity contribution < 1.29 is 19.8 Å². The van der Waals surface area contributed by atoms with Gasteiger partial charge in [-0.05, 0) is 6.42 Å². The maximum atomic E-state index is 11.8. The maximum Gasteiger partial charge on any atom is 0.317 e. The molecule has 167 valence electrons. The molecule has 0 atom stereocenters. The fourth-order valence-electron chi connectivity index (χ4n) is 3.35. The first-order valence-electron chi connectivity index (χ1n) is 11.4. The summed E-state index contributed by atoms with van der Waals surface area (Å²) >= 11 is 0. The minimum atomic E-state index is -0.924. The number of carbonyl (C=O) groups is 2. The summed E-state index contributed by atoms with van der Waals surface area (Å²) in [6, 6.07) is 0. The predicted molar refractivity (Wildman–Crippen MR) is 120 cm³/mol. The normalized spacial score (nSPS) is 10.7. The maximum absolute atomic E-state index is 11.8. The molecule has 1 amide bonds. The van der Waals surface area contributed by atoms with E-state index in [1.54, 1.807) is 4.90 Å². The summed E-state index contributed by atoms with van der Waals surface area (Å²) in [6.07, 6.45) is 17.3. The molecule has 0 aromatic carbocycles. The van der Waals surface area contributed by atoms with E-state index < -0.39 is 5.97 Å². The molecule has 0 fully saturated rings. The summed E-state index contributed by atoms with van der Waals surface area (Å²) in [6.45, 7) is 3.23. The SMILES string of the molecule is CCCCCCCCCCCCCCCC(=O)NCCN(CCO)CC(=O)O.[Na]. The Morgan fingerprint density at radius 1 is 0.793 bits per heavy atom. The molecule has 0 saturated carbocycles. The number of aliphatic hydroxyl groups excluding tert-OH is 1. The standard InChI is InChI=1S/C22H44N2O4.Na/c1-2-3-4-5-6-7-8-9-10-11-12-13-14-15-21(26)23-16-17-24(18-19-25)20-22(27)28;/h25H,2-20H2,1H3,(H,23,26)(H,27,28);. The number of carboxylic acid groups (broad SMARTS) is 1. The number of aliphatic carboxylic acids is 1. The Morgan fingerprint density at radius 2 is 1.28 bits per heavy atom. The third-order valence-electron chi connectivity index (χ3n) is 5.03. The van der Waals surface area contributed by atoms with E-state index in [-0.39, 0.29) is 48.6 Å². The van der Waals surface area contributed by atoms with Gasteiger partial charge in [-0.15, -0.1) is 0 Å². The third kappa shape index (κ3) is 24.0. The zero-order valence-electron chi connectivity index (χ0n) is 19.1. The predicted octanol–water partition coefficient (Wildman–Crippen LogP) is 3.58. The summed E-state index contributed by atoms with van der Waals surface area (Å²) in [5.41, 5.74) is 0. The van der Waals surface area contributed by atoms with E-state index in [9.17, 15) is 9.59 Å². The number of carboxylic acids is 1. The minimum absolute atomic E-state index is 0. The summed E-state index contributed by atoms with van der Waals surface area (Å²) in [7, 11) is 0. The second kappa shape index (κ2) is 24.1. The van der Waals surface area contributed by atoms with Crippen molar-refractivity contribution in [2.75, 3.05) is 32.8 Å². The zero-order valence-corrected chi connectivity index (χ0v) is 21.1. The molecule has 0 rings (SSSR count). The second-order valence-corrected chi connectivity index (χ2v) is 7.74. The molecular weight excluding hydrogens is 379 g/mol. The minimum Gasteiger partial charge on any atom is -0.480 e. The number of hydrogen-bond donors (Lipinski definition) is 3. The van der Waals surface area contributed by atoms with E-state index in [1.807, 2.05) is 0 Å². The molecule has 0 heterocycles. The molecule has 0 spiro atoms. The van der Waals surface area contributed by atoms with Crippen LogP contribution in [0.3, 0.4) is 0 Å². The number of amides is 1. The molecule has 0 aliphatic carbocycles. The van der Waals surface area contributed by atoms with Crippen LogP contribution in [0.5, 0.6) is 0 Å². The van der Waals surface area contributed by atoms with Crippen molar-refractivity contribution in [2.45, 2.75) is 96.8 Å². The van der Waals surface area contributed by atoms with Crippen LogP contribution in [0.4, 0.5) is 0 Å². The molecule has 0 aliphatic rings. The van der Waals surface area contributed by atoms with Crippen LogP contribution in [0.2, 0.25) is 0 Å². The van der Waals surface area contributed by atoms with E-state index in [0.29, 0.717) is 26.1 Å². The van der Waals surface area contributed by atoms with Crippen LogP contribution in [0.25, 0.3) is 0 Å². The summed E-state index contributed by atoms with van der Waals surface area (Å²) in [5, 5.41) is 20.6. The Morgan fingerprint density at radius 3 is 1.72 bits per heavy atom. The molecule has 3 N–H and O–H groups in total. The van der Waals surface area contributed by atoms with Crippen molar-refractivity contribution in [3.8, 4) is 0 Å². The molecule has 1 radical (unpaired) electrons. The van der Waals surface area contributed by atoms with Gasteiger partial charge in [0.05, 0.1) is 13.2 Å². The van der Waals surface area contributed by atoms with Gasteiger partial charge in [0, 0.05) is 55.6 Å². The van der Waals surface area contributed by atoms with Gasteiger partial charge in [0.15, 0.2) is 0 Å². The Hall–Kier alpha value is -0.140. The van der Waals surface area contributed by atoms with Crippen molar-refractivity contribution in [1.82, 2.24) is 10.2 Å². The Balaban J connectivity index is 0. The molecular formula is C22H44N2NaO4. The molecule has 0 aromatic heterocycles.